The van der Waals surface area contributed by atoms with Crippen LogP contribution in [0.2, 0.25) is 0 Å². The van der Waals surface area contributed by atoms with E-state index in [1.54, 1.807) is 29.2 Å². The number of amides is 1. The zero-order chi connectivity index (χ0) is 24.8. The number of rotatable bonds is 10. The van der Waals surface area contributed by atoms with E-state index in [9.17, 15) is 13.2 Å². The van der Waals surface area contributed by atoms with Crippen molar-refractivity contribution in [1.82, 2.24) is 4.31 Å². The molecular formula is C29H40N2O3S. The van der Waals surface area contributed by atoms with E-state index in [1.165, 1.54) is 12.0 Å². The summed E-state index contributed by atoms with van der Waals surface area (Å²) in [6.45, 7) is 5.60. The first-order valence-corrected chi connectivity index (χ1v) is 14.9. The number of nitrogens with zero attached hydrogens (tertiary/aromatic N) is 2. The minimum Gasteiger partial charge on any atom is -0.308 e. The number of hydrogen-bond donors (Lipinski definition) is 0. The summed E-state index contributed by atoms with van der Waals surface area (Å²) in [6.07, 6.45) is 10.4. The smallest absolute Gasteiger partial charge is 0.258 e. The Morgan fingerprint density at radius 1 is 1.03 bits per heavy atom. The van der Waals surface area contributed by atoms with Gasteiger partial charge in [-0.3, -0.25) is 4.79 Å². The second-order valence-corrected chi connectivity index (χ2v) is 12.0. The van der Waals surface area contributed by atoms with Gasteiger partial charge in [-0.15, -0.1) is 0 Å². The van der Waals surface area contributed by atoms with Crippen LogP contribution >= 0.6 is 0 Å². The summed E-state index contributed by atoms with van der Waals surface area (Å²) in [5.41, 5.74) is 2.66. The van der Waals surface area contributed by atoms with Crippen molar-refractivity contribution in [2.75, 3.05) is 18.0 Å². The number of carbonyl (C=O) groups is 1. The van der Waals surface area contributed by atoms with E-state index in [0.717, 1.165) is 63.5 Å². The molecule has 2 aliphatic rings. The van der Waals surface area contributed by atoms with Crippen molar-refractivity contribution < 1.29 is 13.2 Å². The van der Waals surface area contributed by atoms with E-state index in [0.29, 0.717) is 29.5 Å². The third kappa shape index (κ3) is 5.80. The highest BCUT2D eigenvalue weighted by atomic mass is 32.2. The molecule has 1 amide bonds. The first kappa shape index (κ1) is 25.9. The number of unbranched alkanes of at least 4 members (excludes halogenated alkanes) is 1. The average molecular weight is 497 g/mol. The molecule has 5 nitrogen and oxygen atoms in total. The Kier molecular flexibility index (Phi) is 8.66. The normalized spacial score (nSPS) is 17.5. The van der Waals surface area contributed by atoms with Crippen LogP contribution in [0.25, 0.3) is 0 Å². The Labute approximate surface area is 211 Å². The molecule has 2 aromatic rings. The van der Waals surface area contributed by atoms with Crippen molar-refractivity contribution >= 4 is 21.6 Å². The maximum Gasteiger partial charge on any atom is 0.258 e. The fraction of sp³-hybridized carbons (Fsp3) is 0.552. The molecule has 0 spiro atoms. The third-order valence-corrected chi connectivity index (χ3v) is 9.74. The highest BCUT2D eigenvalue weighted by Crippen LogP contribution is 2.32. The molecule has 1 heterocycles. The van der Waals surface area contributed by atoms with E-state index in [4.69, 9.17) is 0 Å². The topological polar surface area (TPSA) is 57.7 Å². The molecular weight excluding hydrogens is 456 g/mol. The van der Waals surface area contributed by atoms with Gasteiger partial charge in [0.1, 0.15) is 0 Å². The number of sulfonamides is 1. The van der Waals surface area contributed by atoms with Crippen molar-refractivity contribution in [3.8, 4) is 0 Å². The van der Waals surface area contributed by atoms with Gasteiger partial charge in [-0.05, 0) is 67.5 Å². The highest BCUT2D eigenvalue weighted by molar-refractivity contribution is 7.89. The van der Waals surface area contributed by atoms with E-state index >= 15 is 0 Å². The Balaban J connectivity index is 1.55. The number of benzene rings is 2. The highest BCUT2D eigenvalue weighted by Gasteiger charge is 2.34. The van der Waals surface area contributed by atoms with Gasteiger partial charge in [-0.2, -0.15) is 4.31 Å². The first-order valence-electron chi connectivity index (χ1n) is 13.5. The number of fused-ring (bicyclic) bond motifs is 1. The van der Waals surface area contributed by atoms with E-state index in [-0.39, 0.29) is 11.9 Å². The SMILES string of the molecule is CCCCC(CC)CN(C1CCCCC1)S(=O)(=O)c1ccc(C(=O)N2CCc3ccccc32)cc1. The van der Waals surface area contributed by atoms with Gasteiger partial charge in [0.25, 0.3) is 5.91 Å². The van der Waals surface area contributed by atoms with Crippen LogP contribution in [-0.2, 0) is 16.4 Å². The van der Waals surface area contributed by atoms with Crippen LogP contribution in [0.1, 0.15) is 87.6 Å². The van der Waals surface area contributed by atoms with Gasteiger partial charge in [-0.1, -0.05) is 70.6 Å². The lowest BCUT2D eigenvalue weighted by molar-refractivity contribution is 0.0989. The maximum atomic E-state index is 13.9. The molecule has 1 aliphatic heterocycles. The number of anilines is 1. The second kappa shape index (κ2) is 11.7. The van der Waals surface area contributed by atoms with E-state index in [2.05, 4.69) is 19.9 Å². The van der Waals surface area contributed by atoms with Crippen LogP contribution in [0.4, 0.5) is 5.69 Å². The van der Waals surface area contributed by atoms with Gasteiger partial charge in [0.2, 0.25) is 10.0 Å². The summed E-state index contributed by atoms with van der Waals surface area (Å²) in [6, 6.07) is 14.7. The largest absolute Gasteiger partial charge is 0.308 e. The van der Waals surface area contributed by atoms with Crippen LogP contribution < -0.4 is 4.90 Å². The lowest BCUT2D eigenvalue weighted by atomic mass is 9.93. The van der Waals surface area contributed by atoms with Crippen LogP contribution in [0.15, 0.2) is 53.4 Å². The van der Waals surface area contributed by atoms with Crippen molar-refractivity contribution in [3.63, 3.8) is 0 Å². The summed E-state index contributed by atoms with van der Waals surface area (Å²) in [5.74, 6) is 0.302. The zero-order valence-electron chi connectivity index (χ0n) is 21.3. The Hall–Kier alpha value is -2.18. The molecule has 4 rings (SSSR count). The predicted octanol–water partition coefficient (Wildman–Crippen LogP) is 6.43. The lowest BCUT2D eigenvalue weighted by Gasteiger charge is -2.35. The Morgan fingerprint density at radius 2 is 1.74 bits per heavy atom. The van der Waals surface area contributed by atoms with Crippen LogP contribution in [0, 0.1) is 5.92 Å². The van der Waals surface area contributed by atoms with E-state index in [1.807, 2.05) is 22.5 Å². The van der Waals surface area contributed by atoms with Gasteiger partial charge in [-0.25, -0.2) is 8.42 Å². The molecule has 1 fully saturated rings. The van der Waals surface area contributed by atoms with Gasteiger partial charge in [0.05, 0.1) is 4.90 Å². The summed E-state index contributed by atoms with van der Waals surface area (Å²) < 4.78 is 29.6. The van der Waals surface area contributed by atoms with Crippen molar-refractivity contribution in [2.45, 2.75) is 89.0 Å². The molecule has 2 aromatic carbocycles. The second-order valence-electron chi connectivity index (χ2n) is 10.1. The molecule has 0 bridgehead atoms. The van der Waals surface area contributed by atoms with Crippen LogP contribution in [-0.4, -0.2) is 37.8 Å². The van der Waals surface area contributed by atoms with Gasteiger partial charge in [0.15, 0.2) is 0 Å². The average Bonchev–Trinajstić information content (AvgIpc) is 3.33. The molecule has 1 atom stereocenters. The Bertz CT molecular complexity index is 1090. The summed E-state index contributed by atoms with van der Waals surface area (Å²) in [5, 5.41) is 0. The minimum atomic E-state index is -3.63. The van der Waals surface area contributed by atoms with Crippen LogP contribution in [0.3, 0.4) is 0 Å². The maximum absolute atomic E-state index is 13.9. The molecule has 6 heteroatoms. The Morgan fingerprint density at radius 3 is 2.43 bits per heavy atom. The quantitative estimate of drug-likeness (QED) is 0.381. The van der Waals surface area contributed by atoms with Gasteiger partial charge in [0, 0.05) is 30.4 Å². The molecule has 190 valence electrons. The summed E-state index contributed by atoms with van der Waals surface area (Å²) in [4.78, 5) is 15.3. The summed E-state index contributed by atoms with van der Waals surface area (Å²) in [7, 11) is -3.63. The number of para-hydroxylation sites is 1. The number of hydrogen-bond acceptors (Lipinski definition) is 3. The standard InChI is InChI=1S/C29H40N2O3S/c1-3-5-11-23(4-2)22-31(26-13-7-6-8-14-26)35(33,34)27-18-16-25(17-19-27)29(32)30-21-20-24-12-9-10-15-28(24)30/h9-10,12,15-19,23,26H,3-8,11,13-14,20-22H2,1-2H3. The molecule has 0 radical (unpaired) electrons. The molecule has 35 heavy (non-hydrogen) atoms. The van der Waals surface area contributed by atoms with Crippen molar-refractivity contribution in [3.05, 3.63) is 59.7 Å². The first-order chi connectivity index (χ1) is 17.0. The monoisotopic (exact) mass is 496 g/mol. The molecule has 0 N–H and O–H groups in total. The van der Waals surface area contributed by atoms with Gasteiger partial charge >= 0.3 is 0 Å². The number of carbonyl (C=O) groups excluding carboxylic acids is 1. The van der Waals surface area contributed by atoms with Gasteiger partial charge < -0.3 is 4.90 Å². The fourth-order valence-corrected chi connectivity index (χ4v) is 7.36. The van der Waals surface area contributed by atoms with Crippen molar-refractivity contribution in [1.29, 1.82) is 0 Å². The summed E-state index contributed by atoms with van der Waals surface area (Å²) >= 11 is 0. The molecule has 1 unspecified atom stereocenters. The minimum absolute atomic E-state index is 0.0753. The lowest BCUT2D eigenvalue weighted by Crippen LogP contribution is -2.44. The van der Waals surface area contributed by atoms with E-state index < -0.39 is 10.0 Å². The van der Waals surface area contributed by atoms with Crippen LogP contribution in [0.5, 0.6) is 0 Å². The molecule has 1 saturated carbocycles. The predicted molar refractivity (Wildman–Crippen MR) is 142 cm³/mol. The third-order valence-electron chi connectivity index (χ3n) is 7.80. The molecule has 0 saturated heterocycles. The molecule has 1 aliphatic carbocycles. The zero-order valence-corrected chi connectivity index (χ0v) is 22.1. The van der Waals surface area contributed by atoms with Crippen molar-refractivity contribution in [2.24, 2.45) is 5.92 Å². The molecule has 0 aromatic heterocycles. The fourth-order valence-electron chi connectivity index (χ4n) is 5.59.